The van der Waals surface area contributed by atoms with Gasteiger partial charge in [-0.15, -0.1) is 0 Å². The van der Waals surface area contributed by atoms with Gasteiger partial charge in [-0.2, -0.15) is 0 Å². The molecule has 23 heavy (non-hydrogen) atoms. The van der Waals surface area contributed by atoms with Crippen LogP contribution in [0.4, 0.5) is 5.69 Å². The van der Waals surface area contributed by atoms with Crippen LogP contribution >= 0.6 is 11.3 Å². The first-order chi connectivity index (χ1) is 10.9. The second kappa shape index (κ2) is 7.23. The Morgan fingerprint density at radius 3 is 2.57 bits per heavy atom. The topological polar surface area (TPSA) is 88.4 Å². The number of benzene rings is 1. The van der Waals surface area contributed by atoms with E-state index in [0.29, 0.717) is 17.8 Å². The number of thiazole rings is 1. The largest absolute Gasteiger partial charge is 0.481 e. The number of rotatable bonds is 6. The normalized spacial score (nSPS) is 10.5. The highest BCUT2D eigenvalue weighted by Gasteiger charge is 2.12. The van der Waals surface area contributed by atoms with Crippen LogP contribution in [0.2, 0.25) is 0 Å². The summed E-state index contributed by atoms with van der Waals surface area (Å²) < 4.78 is 1.59. The fraction of sp³-hybridized carbons (Fsp3) is 0.312. The second-order valence-corrected chi connectivity index (χ2v) is 6.35. The van der Waals surface area contributed by atoms with Crippen LogP contribution in [0.3, 0.4) is 0 Å². The summed E-state index contributed by atoms with van der Waals surface area (Å²) in [5.74, 6) is -1.21. The Morgan fingerprint density at radius 1 is 1.26 bits per heavy atom. The van der Waals surface area contributed by atoms with E-state index in [9.17, 15) is 14.4 Å². The van der Waals surface area contributed by atoms with Crippen molar-refractivity contribution in [3.63, 3.8) is 0 Å². The second-order valence-electron chi connectivity index (χ2n) is 5.19. The summed E-state index contributed by atoms with van der Waals surface area (Å²) in [6.45, 7) is 4.04. The van der Waals surface area contributed by atoms with Gasteiger partial charge >= 0.3 is 10.8 Å². The Bertz CT molecular complexity index is 792. The molecule has 2 rings (SSSR count). The summed E-state index contributed by atoms with van der Waals surface area (Å²) >= 11 is 1.17. The number of para-hydroxylation sites is 1. The van der Waals surface area contributed by atoms with E-state index >= 15 is 0 Å². The van der Waals surface area contributed by atoms with Crippen LogP contribution in [-0.4, -0.2) is 21.6 Å². The number of carbonyl (C=O) groups is 2. The molecule has 1 heterocycles. The summed E-state index contributed by atoms with van der Waals surface area (Å²) in [4.78, 5) is 35.6. The van der Waals surface area contributed by atoms with E-state index in [1.54, 1.807) is 28.8 Å². The van der Waals surface area contributed by atoms with Gasteiger partial charge in [0.1, 0.15) is 0 Å². The lowest BCUT2D eigenvalue weighted by Gasteiger charge is -2.10. The lowest BCUT2D eigenvalue weighted by molar-refractivity contribution is -0.136. The standard InChI is InChI=1S/C16H18N2O4S/c1-10-11(2)23-16(22)18(10)8-7-14(19)17-13-6-4-3-5-12(13)9-15(20)21/h3-6H,7-9H2,1-2H3,(H,17,19)(H,20,21). The lowest BCUT2D eigenvalue weighted by Crippen LogP contribution is -2.20. The third-order valence-corrected chi connectivity index (χ3v) is 4.57. The van der Waals surface area contributed by atoms with Crippen molar-refractivity contribution < 1.29 is 14.7 Å². The van der Waals surface area contributed by atoms with Gasteiger partial charge in [-0.3, -0.25) is 14.4 Å². The molecule has 0 radical (unpaired) electrons. The molecule has 0 aliphatic heterocycles. The highest BCUT2D eigenvalue weighted by atomic mass is 32.1. The predicted octanol–water partition coefficient (Wildman–Crippen LogP) is 2.18. The minimum absolute atomic E-state index is 0.0703. The molecule has 0 spiro atoms. The maximum Gasteiger partial charge on any atom is 0.307 e. The van der Waals surface area contributed by atoms with Crippen molar-refractivity contribution in [1.82, 2.24) is 4.57 Å². The van der Waals surface area contributed by atoms with Crippen molar-refractivity contribution in [2.75, 3.05) is 5.32 Å². The molecule has 0 saturated heterocycles. The fourth-order valence-corrected chi connectivity index (χ4v) is 3.09. The molecule has 0 saturated carbocycles. The van der Waals surface area contributed by atoms with Gasteiger partial charge < -0.3 is 15.0 Å². The van der Waals surface area contributed by atoms with Crippen LogP contribution in [0, 0.1) is 13.8 Å². The Morgan fingerprint density at radius 2 is 1.96 bits per heavy atom. The maximum absolute atomic E-state index is 12.1. The van der Waals surface area contributed by atoms with Gasteiger partial charge in [0, 0.05) is 29.2 Å². The fourth-order valence-electron chi connectivity index (χ4n) is 2.23. The first-order valence-electron chi connectivity index (χ1n) is 7.15. The van der Waals surface area contributed by atoms with Gasteiger partial charge in [-0.1, -0.05) is 29.5 Å². The van der Waals surface area contributed by atoms with Crippen LogP contribution in [0.25, 0.3) is 0 Å². The van der Waals surface area contributed by atoms with E-state index in [4.69, 9.17) is 5.11 Å². The van der Waals surface area contributed by atoms with Gasteiger partial charge in [0.05, 0.1) is 6.42 Å². The SMILES string of the molecule is Cc1sc(=O)n(CCC(=O)Nc2ccccc2CC(=O)O)c1C. The van der Waals surface area contributed by atoms with E-state index in [-0.39, 0.29) is 23.6 Å². The number of nitrogens with one attached hydrogen (secondary N) is 1. The number of nitrogens with zero attached hydrogens (tertiary/aromatic N) is 1. The third-order valence-electron chi connectivity index (χ3n) is 3.57. The molecule has 1 aromatic carbocycles. The molecule has 0 atom stereocenters. The van der Waals surface area contributed by atoms with Gasteiger partial charge in [0.2, 0.25) is 5.91 Å². The van der Waals surface area contributed by atoms with Crippen molar-refractivity contribution in [2.45, 2.75) is 33.2 Å². The molecule has 2 aromatic rings. The van der Waals surface area contributed by atoms with Gasteiger partial charge in [0.25, 0.3) is 0 Å². The highest BCUT2D eigenvalue weighted by molar-refractivity contribution is 7.09. The molecule has 0 fully saturated rings. The number of carboxylic acids is 1. The Balaban J connectivity index is 2.03. The Labute approximate surface area is 137 Å². The minimum Gasteiger partial charge on any atom is -0.481 e. The zero-order chi connectivity index (χ0) is 17.0. The monoisotopic (exact) mass is 334 g/mol. The highest BCUT2D eigenvalue weighted by Crippen LogP contribution is 2.16. The van der Waals surface area contributed by atoms with Crippen molar-refractivity contribution in [3.8, 4) is 0 Å². The maximum atomic E-state index is 12.1. The number of aliphatic carboxylic acids is 1. The quantitative estimate of drug-likeness (QED) is 0.847. The predicted molar refractivity (Wildman–Crippen MR) is 89.1 cm³/mol. The van der Waals surface area contributed by atoms with Crippen LogP contribution < -0.4 is 10.2 Å². The van der Waals surface area contributed by atoms with Gasteiger partial charge in [-0.05, 0) is 25.5 Å². The minimum atomic E-state index is -0.956. The Hall–Kier alpha value is -2.41. The zero-order valence-corrected chi connectivity index (χ0v) is 13.8. The first-order valence-corrected chi connectivity index (χ1v) is 7.96. The molecular formula is C16H18N2O4S. The zero-order valence-electron chi connectivity index (χ0n) is 13.0. The molecule has 2 N–H and O–H groups in total. The number of hydrogen-bond donors (Lipinski definition) is 2. The van der Waals surface area contributed by atoms with E-state index < -0.39 is 5.97 Å². The van der Waals surface area contributed by atoms with Gasteiger partial charge in [-0.25, -0.2) is 0 Å². The summed E-state index contributed by atoms with van der Waals surface area (Å²) in [5, 5.41) is 11.6. The van der Waals surface area contributed by atoms with Crippen LogP contribution in [0.5, 0.6) is 0 Å². The molecule has 1 aromatic heterocycles. The van der Waals surface area contributed by atoms with E-state index in [1.807, 2.05) is 13.8 Å². The van der Waals surface area contributed by atoms with E-state index in [0.717, 1.165) is 10.6 Å². The average Bonchev–Trinajstić information content (AvgIpc) is 2.72. The molecule has 0 aliphatic rings. The molecular weight excluding hydrogens is 316 g/mol. The molecule has 1 amide bonds. The molecule has 7 heteroatoms. The van der Waals surface area contributed by atoms with Crippen molar-refractivity contribution >= 4 is 28.9 Å². The molecule has 0 aliphatic carbocycles. The summed E-state index contributed by atoms with van der Waals surface area (Å²) in [6.07, 6.45) is -0.00291. The Kier molecular flexibility index (Phi) is 5.33. The number of aryl methyl sites for hydroxylation is 1. The number of hydrogen-bond acceptors (Lipinski definition) is 4. The number of carboxylic acid groups (broad SMARTS) is 1. The van der Waals surface area contributed by atoms with Crippen LogP contribution in [0.1, 0.15) is 22.6 Å². The lowest BCUT2D eigenvalue weighted by atomic mass is 10.1. The molecule has 0 bridgehead atoms. The number of anilines is 1. The summed E-state index contributed by atoms with van der Waals surface area (Å²) in [5.41, 5.74) is 1.91. The average molecular weight is 334 g/mol. The summed E-state index contributed by atoms with van der Waals surface area (Å²) in [6, 6.07) is 6.80. The molecule has 122 valence electrons. The van der Waals surface area contributed by atoms with Gasteiger partial charge in [0.15, 0.2) is 0 Å². The third kappa shape index (κ3) is 4.29. The number of carbonyl (C=O) groups excluding carboxylic acids is 1. The smallest absolute Gasteiger partial charge is 0.307 e. The van der Waals surface area contributed by atoms with E-state index in [2.05, 4.69) is 5.32 Å². The van der Waals surface area contributed by atoms with E-state index in [1.165, 1.54) is 11.3 Å². The van der Waals surface area contributed by atoms with Crippen molar-refractivity contribution in [2.24, 2.45) is 0 Å². The molecule has 0 unspecified atom stereocenters. The van der Waals surface area contributed by atoms with Crippen molar-refractivity contribution in [1.29, 1.82) is 0 Å². The van der Waals surface area contributed by atoms with Crippen molar-refractivity contribution in [3.05, 3.63) is 50.1 Å². The summed E-state index contributed by atoms with van der Waals surface area (Å²) in [7, 11) is 0. The number of aromatic nitrogens is 1. The first kappa shape index (κ1) is 17.0. The van der Waals surface area contributed by atoms with Crippen LogP contribution in [0.15, 0.2) is 29.1 Å². The molecule has 6 nitrogen and oxygen atoms in total. The number of amides is 1. The van der Waals surface area contributed by atoms with Crippen LogP contribution in [-0.2, 0) is 22.6 Å².